The Bertz CT molecular complexity index is 1000. The van der Waals surface area contributed by atoms with Crippen LogP contribution in [0.2, 0.25) is 0 Å². The van der Waals surface area contributed by atoms with Crippen molar-refractivity contribution in [3.8, 4) is 11.3 Å². The summed E-state index contributed by atoms with van der Waals surface area (Å²) in [4.78, 5) is 24.1. The van der Waals surface area contributed by atoms with E-state index in [0.29, 0.717) is 12.2 Å². The maximum Gasteiger partial charge on any atom is 0.328 e. The van der Waals surface area contributed by atoms with Gasteiger partial charge in [0.25, 0.3) is 0 Å². The molecule has 1 aromatic carbocycles. The number of carboxylic acid groups (broad SMARTS) is 2. The van der Waals surface area contributed by atoms with Crippen LogP contribution < -0.4 is 0 Å². The predicted octanol–water partition coefficient (Wildman–Crippen LogP) is 2.38. The highest BCUT2D eigenvalue weighted by Crippen LogP contribution is 2.36. The Hall–Kier alpha value is -3.23. The van der Waals surface area contributed by atoms with Crippen LogP contribution in [-0.2, 0) is 23.1 Å². The average Bonchev–Trinajstić information content (AvgIpc) is 3.38. The SMILES string of the molecule is CN1CCN(CCC2=CCc3c2cccc3-c2ccnn2C)CC1.O=C(O)C=CC(=O)O. The molecule has 32 heavy (non-hydrogen) atoms. The normalized spacial score (nSPS) is 16.4. The molecule has 0 unspecified atom stereocenters. The van der Waals surface area contributed by atoms with Crippen LogP contribution >= 0.6 is 0 Å². The maximum atomic E-state index is 9.55. The van der Waals surface area contributed by atoms with Crippen LogP contribution in [-0.4, -0.2) is 81.5 Å². The van der Waals surface area contributed by atoms with Gasteiger partial charge in [-0.3, -0.25) is 4.68 Å². The third-order valence-corrected chi connectivity index (χ3v) is 5.83. The summed E-state index contributed by atoms with van der Waals surface area (Å²) in [5.41, 5.74) is 6.98. The number of rotatable bonds is 6. The van der Waals surface area contributed by atoms with Crippen LogP contribution in [0.3, 0.4) is 0 Å². The highest BCUT2D eigenvalue weighted by molar-refractivity contribution is 5.89. The van der Waals surface area contributed by atoms with E-state index in [1.165, 1.54) is 60.7 Å². The van der Waals surface area contributed by atoms with E-state index in [1.807, 2.05) is 17.9 Å². The van der Waals surface area contributed by atoms with E-state index in [4.69, 9.17) is 10.2 Å². The van der Waals surface area contributed by atoms with Crippen LogP contribution in [0.15, 0.2) is 48.7 Å². The van der Waals surface area contributed by atoms with Gasteiger partial charge in [0.2, 0.25) is 0 Å². The van der Waals surface area contributed by atoms with Crippen LogP contribution in [0, 0.1) is 0 Å². The van der Waals surface area contributed by atoms with Crippen molar-refractivity contribution >= 4 is 17.5 Å². The molecule has 2 N–H and O–H groups in total. The topological polar surface area (TPSA) is 98.9 Å². The first-order valence-corrected chi connectivity index (χ1v) is 10.7. The van der Waals surface area contributed by atoms with E-state index in [1.54, 1.807) is 0 Å². The van der Waals surface area contributed by atoms with E-state index in [9.17, 15) is 9.59 Å². The van der Waals surface area contributed by atoms with E-state index in [-0.39, 0.29) is 0 Å². The molecule has 1 aromatic heterocycles. The van der Waals surface area contributed by atoms with Gasteiger partial charge in [-0.15, -0.1) is 0 Å². The molecule has 0 radical (unpaired) electrons. The summed E-state index contributed by atoms with van der Waals surface area (Å²) >= 11 is 0. The number of carboxylic acids is 2. The molecule has 4 rings (SSSR count). The first-order valence-electron chi connectivity index (χ1n) is 10.7. The number of aromatic nitrogens is 2. The van der Waals surface area contributed by atoms with E-state index >= 15 is 0 Å². The smallest absolute Gasteiger partial charge is 0.328 e. The van der Waals surface area contributed by atoms with Crippen molar-refractivity contribution in [3.05, 3.63) is 59.8 Å². The van der Waals surface area contributed by atoms with Gasteiger partial charge in [-0.2, -0.15) is 5.10 Å². The zero-order valence-corrected chi connectivity index (χ0v) is 18.6. The number of hydrogen-bond donors (Lipinski definition) is 2. The lowest BCUT2D eigenvalue weighted by molar-refractivity contribution is -0.134. The predicted molar refractivity (Wildman–Crippen MR) is 123 cm³/mol. The van der Waals surface area contributed by atoms with Crippen molar-refractivity contribution < 1.29 is 19.8 Å². The quantitative estimate of drug-likeness (QED) is 0.668. The summed E-state index contributed by atoms with van der Waals surface area (Å²) < 4.78 is 1.97. The number of aryl methyl sites for hydroxylation is 1. The summed E-state index contributed by atoms with van der Waals surface area (Å²) in [6.45, 7) is 5.97. The molecule has 1 aliphatic heterocycles. The Kier molecular flexibility index (Phi) is 7.97. The maximum absolute atomic E-state index is 9.55. The molecule has 0 bridgehead atoms. The number of benzene rings is 1. The minimum absolute atomic E-state index is 0.558. The first kappa shape index (κ1) is 23.4. The number of fused-ring (bicyclic) bond motifs is 1. The van der Waals surface area contributed by atoms with Crippen LogP contribution in [0.25, 0.3) is 16.8 Å². The van der Waals surface area contributed by atoms with Gasteiger partial charge in [0, 0.05) is 63.7 Å². The molecule has 8 nitrogen and oxygen atoms in total. The number of nitrogens with zero attached hydrogens (tertiary/aromatic N) is 4. The molecule has 0 atom stereocenters. The monoisotopic (exact) mass is 438 g/mol. The van der Waals surface area contributed by atoms with Crippen LogP contribution in [0.5, 0.6) is 0 Å². The summed E-state index contributed by atoms with van der Waals surface area (Å²) in [6.07, 6.45) is 7.64. The molecule has 2 aromatic rings. The lowest BCUT2D eigenvalue weighted by Gasteiger charge is -2.32. The van der Waals surface area contributed by atoms with E-state index in [0.717, 1.165) is 12.8 Å². The minimum Gasteiger partial charge on any atom is -0.478 e. The summed E-state index contributed by atoms with van der Waals surface area (Å²) in [7, 11) is 4.23. The molecule has 2 heterocycles. The van der Waals surface area contributed by atoms with Gasteiger partial charge < -0.3 is 20.0 Å². The van der Waals surface area contributed by atoms with Crippen molar-refractivity contribution in [2.75, 3.05) is 39.8 Å². The van der Waals surface area contributed by atoms with Gasteiger partial charge in [0.15, 0.2) is 0 Å². The second-order valence-corrected chi connectivity index (χ2v) is 8.01. The fourth-order valence-electron chi connectivity index (χ4n) is 4.05. The molecule has 0 saturated carbocycles. The molecule has 2 aliphatic rings. The molecule has 170 valence electrons. The zero-order chi connectivity index (χ0) is 23.1. The van der Waals surface area contributed by atoms with Gasteiger partial charge in [-0.1, -0.05) is 24.3 Å². The second kappa shape index (κ2) is 10.9. The lowest BCUT2D eigenvalue weighted by atomic mass is 9.97. The van der Waals surface area contributed by atoms with Crippen molar-refractivity contribution in [1.29, 1.82) is 0 Å². The molecule has 0 spiro atoms. The number of hydrogen-bond acceptors (Lipinski definition) is 5. The number of aliphatic carboxylic acids is 2. The molecule has 1 saturated heterocycles. The summed E-state index contributed by atoms with van der Waals surface area (Å²) in [5, 5.41) is 20.0. The van der Waals surface area contributed by atoms with Gasteiger partial charge >= 0.3 is 11.9 Å². The highest BCUT2D eigenvalue weighted by atomic mass is 16.4. The van der Waals surface area contributed by atoms with Gasteiger partial charge in [0.05, 0.1) is 5.69 Å². The minimum atomic E-state index is -1.26. The van der Waals surface area contributed by atoms with Crippen molar-refractivity contribution in [3.63, 3.8) is 0 Å². The van der Waals surface area contributed by atoms with Crippen molar-refractivity contribution in [2.45, 2.75) is 12.8 Å². The van der Waals surface area contributed by atoms with Crippen molar-refractivity contribution in [2.24, 2.45) is 7.05 Å². The van der Waals surface area contributed by atoms with E-state index < -0.39 is 11.9 Å². The molecule has 1 aliphatic carbocycles. The Morgan fingerprint density at radius 2 is 1.66 bits per heavy atom. The van der Waals surface area contributed by atoms with Crippen LogP contribution in [0.4, 0.5) is 0 Å². The molecular formula is C24H30N4O4. The summed E-state index contributed by atoms with van der Waals surface area (Å²) in [5.74, 6) is -2.51. The Labute approximate surface area is 188 Å². The third-order valence-electron chi connectivity index (χ3n) is 5.83. The number of carbonyl (C=O) groups is 2. The number of likely N-dealkylation sites (N-methyl/N-ethyl adjacent to an activating group) is 1. The molecule has 1 fully saturated rings. The highest BCUT2D eigenvalue weighted by Gasteiger charge is 2.20. The first-order chi connectivity index (χ1) is 15.3. The Morgan fingerprint density at radius 3 is 2.25 bits per heavy atom. The zero-order valence-electron chi connectivity index (χ0n) is 18.6. The second-order valence-electron chi connectivity index (χ2n) is 8.01. The molecule has 8 heteroatoms. The molecule has 0 amide bonds. The summed E-state index contributed by atoms with van der Waals surface area (Å²) in [6, 6.07) is 8.82. The Balaban J connectivity index is 0.000000312. The average molecular weight is 439 g/mol. The number of allylic oxidation sites excluding steroid dienone is 1. The lowest BCUT2D eigenvalue weighted by Crippen LogP contribution is -2.44. The van der Waals surface area contributed by atoms with Gasteiger partial charge in [0.1, 0.15) is 0 Å². The van der Waals surface area contributed by atoms with Crippen LogP contribution in [0.1, 0.15) is 17.5 Å². The third kappa shape index (κ3) is 6.15. The van der Waals surface area contributed by atoms with Gasteiger partial charge in [-0.25, -0.2) is 9.59 Å². The number of piperazine rings is 1. The fraction of sp³-hybridized carbons (Fsp3) is 0.375. The van der Waals surface area contributed by atoms with Crippen molar-refractivity contribution in [1.82, 2.24) is 19.6 Å². The fourth-order valence-corrected chi connectivity index (χ4v) is 4.05. The molecular weight excluding hydrogens is 408 g/mol. The van der Waals surface area contributed by atoms with E-state index in [2.05, 4.69) is 52.3 Å². The standard InChI is InChI=1S/C20H26N4.C4H4O4/c1-22-12-14-24(15-13-22)11-9-16-6-7-18-17(16)4-3-5-19(18)20-8-10-21-23(20)2;5-3(6)1-2-4(7)8/h3-6,8,10H,7,9,11-15H2,1-2H3;1-2H,(H,5,6)(H,7,8). The Morgan fingerprint density at radius 1 is 1.00 bits per heavy atom. The largest absolute Gasteiger partial charge is 0.478 e. The van der Waals surface area contributed by atoms with Gasteiger partial charge in [-0.05, 0) is 42.7 Å².